The number of nitrogens with zero attached hydrogens (tertiary/aromatic N) is 4. The maximum Gasteiger partial charge on any atom is 0.255 e. The molecule has 2 aromatic carbocycles. The molecule has 5 rings (SSSR count). The van der Waals surface area contributed by atoms with Crippen molar-refractivity contribution >= 4 is 34.3 Å². The minimum absolute atomic E-state index is 0.0485. The third-order valence-electron chi connectivity index (χ3n) is 7.62. The number of nitrogens with one attached hydrogen (secondary N) is 1. The molecule has 9 heteroatoms. The highest BCUT2D eigenvalue weighted by Gasteiger charge is 2.56. The summed E-state index contributed by atoms with van der Waals surface area (Å²) in [5.41, 5.74) is 1.14. The van der Waals surface area contributed by atoms with Gasteiger partial charge in [-0.2, -0.15) is 5.26 Å². The number of fused-ring (bicyclic) bond motifs is 3. The van der Waals surface area contributed by atoms with Crippen LogP contribution in [0, 0.1) is 23.1 Å². The number of anilines is 1. The molecule has 1 fully saturated rings. The lowest BCUT2D eigenvalue weighted by Gasteiger charge is -2.33. The van der Waals surface area contributed by atoms with Crippen LogP contribution in [0.25, 0.3) is 10.9 Å². The molecule has 3 aromatic rings. The van der Waals surface area contributed by atoms with E-state index in [0.29, 0.717) is 23.0 Å². The Morgan fingerprint density at radius 3 is 2.76 bits per heavy atom. The van der Waals surface area contributed by atoms with Crippen LogP contribution < -0.4 is 5.32 Å². The zero-order chi connectivity index (χ0) is 27.2. The summed E-state index contributed by atoms with van der Waals surface area (Å²) in [6.07, 6.45) is 2.01. The van der Waals surface area contributed by atoms with Crippen molar-refractivity contribution in [3.8, 4) is 6.07 Å². The largest absolute Gasteiger partial charge is 0.330 e. The molecule has 0 unspecified atom stereocenters. The van der Waals surface area contributed by atoms with Gasteiger partial charge in [0.1, 0.15) is 17.9 Å². The van der Waals surface area contributed by atoms with Crippen molar-refractivity contribution in [2.24, 2.45) is 5.92 Å². The first-order valence-electron chi connectivity index (χ1n) is 12.6. The van der Waals surface area contributed by atoms with Crippen LogP contribution in [0.15, 0.2) is 54.7 Å². The SMILES string of the molecule is CC(C)C[C@@H](C(=O)N1C[C@]2(C[C@H]1C#N)C(=O)Nc1ccccc12)N(C)C(=O)c1ccnc2ccc(F)cc12. The lowest BCUT2D eigenvalue weighted by Crippen LogP contribution is -2.52. The van der Waals surface area contributed by atoms with Crippen molar-refractivity contribution in [1.82, 2.24) is 14.8 Å². The van der Waals surface area contributed by atoms with Gasteiger partial charge >= 0.3 is 0 Å². The summed E-state index contributed by atoms with van der Waals surface area (Å²) in [4.78, 5) is 48.0. The van der Waals surface area contributed by atoms with E-state index in [-0.39, 0.29) is 36.3 Å². The Morgan fingerprint density at radius 1 is 1.26 bits per heavy atom. The fourth-order valence-electron chi connectivity index (χ4n) is 5.68. The van der Waals surface area contributed by atoms with Crippen molar-refractivity contribution in [2.75, 3.05) is 18.9 Å². The van der Waals surface area contributed by atoms with Gasteiger partial charge in [-0.3, -0.25) is 19.4 Å². The van der Waals surface area contributed by atoms with Gasteiger partial charge in [-0.15, -0.1) is 0 Å². The Labute approximate surface area is 220 Å². The van der Waals surface area contributed by atoms with Gasteiger partial charge < -0.3 is 15.1 Å². The zero-order valence-electron chi connectivity index (χ0n) is 21.4. The number of amides is 3. The van der Waals surface area contributed by atoms with Crippen molar-refractivity contribution in [1.29, 1.82) is 5.26 Å². The summed E-state index contributed by atoms with van der Waals surface area (Å²) in [7, 11) is 1.55. The number of pyridine rings is 1. The van der Waals surface area contributed by atoms with Crippen LogP contribution in [-0.4, -0.2) is 58.2 Å². The predicted molar refractivity (Wildman–Crippen MR) is 140 cm³/mol. The molecule has 0 bridgehead atoms. The standard InChI is InChI=1S/C29H28FN5O3/c1-17(2)12-25(34(3)26(36)20-10-11-32-23-9-8-18(30)13-21(20)23)27(37)35-16-29(14-19(35)15-31)22-6-4-5-7-24(22)33-28(29)38/h4-11,13,17,19,25H,12,14,16H2,1-3H3,(H,33,38)/t19-,25-,29-/m0/s1. The number of carbonyl (C=O) groups excluding carboxylic acids is 3. The van der Waals surface area contributed by atoms with Gasteiger partial charge in [-0.1, -0.05) is 32.0 Å². The number of aromatic nitrogens is 1. The Bertz CT molecular complexity index is 1500. The number of benzene rings is 2. The second-order valence-electron chi connectivity index (χ2n) is 10.5. The maximum absolute atomic E-state index is 14.1. The van der Waals surface area contributed by atoms with Crippen LogP contribution in [0.5, 0.6) is 0 Å². The third kappa shape index (κ3) is 4.06. The number of halogens is 1. The van der Waals surface area contributed by atoms with E-state index in [0.717, 1.165) is 5.56 Å². The lowest BCUT2D eigenvalue weighted by atomic mass is 9.80. The topological polar surface area (TPSA) is 106 Å². The van der Waals surface area contributed by atoms with E-state index in [9.17, 15) is 24.0 Å². The van der Waals surface area contributed by atoms with E-state index in [1.165, 1.54) is 40.3 Å². The maximum atomic E-state index is 14.1. The van der Waals surface area contributed by atoms with Crippen molar-refractivity contribution in [3.05, 3.63) is 71.7 Å². The number of para-hydroxylation sites is 1. The molecule has 8 nitrogen and oxygen atoms in total. The van der Waals surface area contributed by atoms with E-state index < -0.39 is 29.2 Å². The lowest BCUT2D eigenvalue weighted by molar-refractivity contribution is -0.136. The molecule has 3 atom stereocenters. The minimum atomic E-state index is -1.02. The number of carbonyl (C=O) groups is 3. The minimum Gasteiger partial charge on any atom is -0.330 e. The van der Waals surface area contributed by atoms with Gasteiger partial charge in [0.15, 0.2) is 0 Å². The summed E-state index contributed by atoms with van der Waals surface area (Å²) in [6, 6.07) is 13.4. The average Bonchev–Trinajstić information content (AvgIpc) is 3.43. The van der Waals surface area contributed by atoms with Gasteiger partial charge in [0.25, 0.3) is 5.91 Å². The highest BCUT2D eigenvalue weighted by atomic mass is 19.1. The molecular formula is C29H28FN5O3. The monoisotopic (exact) mass is 513 g/mol. The second-order valence-corrected chi connectivity index (χ2v) is 10.5. The summed E-state index contributed by atoms with van der Waals surface area (Å²) in [5, 5.41) is 13.2. The van der Waals surface area contributed by atoms with Crippen LogP contribution in [-0.2, 0) is 15.0 Å². The van der Waals surface area contributed by atoms with E-state index in [2.05, 4.69) is 16.4 Å². The highest BCUT2D eigenvalue weighted by molar-refractivity contribution is 6.08. The predicted octanol–water partition coefficient (Wildman–Crippen LogP) is 3.88. The van der Waals surface area contributed by atoms with E-state index in [1.807, 2.05) is 38.1 Å². The smallest absolute Gasteiger partial charge is 0.255 e. The number of hydrogen-bond acceptors (Lipinski definition) is 5. The number of nitriles is 1. The van der Waals surface area contributed by atoms with E-state index in [1.54, 1.807) is 7.05 Å². The molecule has 1 spiro atoms. The number of hydrogen-bond donors (Lipinski definition) is 1. The number of likely N-dealkylation sites (N-methyl/N-ethyl adjacent to an activating group) is 1. The average molecular weight is 514 g/mol. The fourth-order valence-corrected chi connectivity index (χ4v) is 5.68. The van der Waals surface area contributed by atoms with Crippen molar-refractivity contribution in [2.45, 2.75) is 44.2 Å². The Hall–Kier alpha value is -4.32. The molecule has 2 aliphatic heterocycles. The molecule has 194 valence electrons. The molecule has 0 radical (unpaired) electrons. The molecule has 38 heavy (non-hydrogen) atoms. The van der Waals surface area contributed by atoms with E-state index >= 15 is 0 Å². The quantitative estimate of drug-likeness (QED) is 0.557. The molecule has 1 N–H and O–H groups in total. The Balaban J connectivity index is 1.49. The molecule has 3 amide bonds. The van der Waals surface area contributed by atoms with Crippen LogP contribution >= 0.6 is 0 Å². The highest BCUT2D eigenvalue weighted by Crippen LogP contribution is 2.46. The first kappa shape index (κ1) is 25.3. The zero-order valence-corrected chi connectivity index (χ0v) is 21.4. The molecular weight excluding hydrogens is 485 g/mol. The first-order valence-corrected chi connectivity index (χ1v) is 12.6. The summed E-state index contributed by atoms with van der Waals surface area (Å²) in [5.74, 6) is -1.51. The molecule has 0 saturated carbocycles. The normalized spacial score (nSPS) is 20.9. The second kappa shape index (κ2) is 9.53. The fraction of sp³-hybridized carbons (Fsp3) is 0.345. The Morgan fingerprint density at radius 2 is 2.03 bits per heavy atom. The van der Waals surface area contributed by atoms with Gasteiger partial charge in [0.2, 0.25) is 11.8 Å². The van der Waals surface area contributed by atoms with Gasteiger partial charge in [-0.05, 0) is 48.2 Å². The van der Waals surface area contributed by atoms with Gasteiger partial charge in [-0.25, -0.2) is 4.39 Å². The van der Waals surface area contributed by atoms with Crippen molar-refractivity contribution in [3.63, 3.8) is 0 Å². The van der Waals surface area contributed by atoms with Crippen LogP contribution in [0.1, 0.15) is 42.6 Å². The molecule has 1 saturated heterocycles. The first-order chi connectivity index (χ1) is 18.2. The van der Waals surface area contributed by atoms with Crippen LogP contribution in [0.4, 0.5) is 10.1 Å². The molecule has 1 aromatic heterocycles. The van der Waals surface area contributed by atoms with Crippen LogP contribution in [0.2, 0.25) is 0 Å². The molecule has 0 aliphatic carbocycles. The third-order valence-corrected chi connectivity index (χ3v) is 7.62. The molecule has 2 aliphatic rings. The molecule has 3 heterocycles. The summed E-state index contributed by atoms with van der Waals surface area (Å²) >= 11 is 0. The number of rotatable bonds is 5. The summed E-state index contributed by atoms with van der Waals surface area (Å²) in [6.45, 7) is 3.94. The van der Waals surface area contributed by atoms with Crippen molar-refractivity contribution < 1.29 is 18.8 Å². The van der Waals surface area contributed by atoms with Gasteiger partial charge in [0.05, 0.1) is 22.6 Å². The Kier molecular flexibility index (Phi) is 6.35. The van der Waals surface area contributed by atoms with Crippen LogP contribution in [0.3, 0.4) is 0 Å². The van der Waals surface area contributed by atoms with Gasteiger partial charge in [0, 0.05) is 37.3 Å². The summed E-state index contributed by atoms with van der Waals surface area (Å²) < 4.78 is 14.0. The van der Waals surface area contributed by atoms with E-state index in [4.69, 9.17) is 0 Å². The number of likely N-dealkylation sites (tertiary alicyclic amines) is 1.